The molecule has 0 N–H and O–H groups in total. The topological polar surface area (TPSA) is 0 Å². The summed E-state index contributed by atoms with van der Waals surface area (Å²) in [5.41, 5.74) is 0. The zero-order valence-electron chi connectivity index (χ0n) is 4.24. The summed E-state index contributed by atoms with van der Waals surface area (Å²) in [7, 11) is 0. The highest BCUT2D eigenvalue weighted by molar-refractivity contribution is 4.51. The van der Waals surface area contributed by atoms with Crippen molar-refractivity contribution < 1.29 is 0 Å². The second-order valence-electron chi connectivity index (χ2n) is 2.12. The zero-order chi connectivity index (χ0) is 4.24. The van der Waals surface area contributed by atoms with E-state index in [2.05, 4.69) is 0 Å². The third kappa shape index (κ3) is 1.00. The minimum absolute atomic E-state index is 1.50. The Balaban J connectivity index is 2.00. The molecule has 0 heterocycles. The maximum Gasteiger partial charge on any atom is -0.0533 e. The van der Waals surface area contributed by atoms with Crippen LogP contribution in [0.2, 0.25) is 0 Å². The van der Waals surface area contributed by atoms with E-state index in [4.69, 9.17) is 0 Å². The zero-order valence-corrected chi connectivity index (χ0v) is 4.24. The van der Waals surface area contributed by atoms with Gasteiger partial charge in [0.05, 0.1) is 0 Å². The largest absolute Gasteiger partial charge is 0.0533 e. The van der Waals surface area contributed by atoms with E-state index in [1.165, 1.54) is 38.5 Å². The molecule has 0 spiro atoms. The van der Waals surface area contributed by atoms with Gasteiger partial charge in [-0.25, -0.2) is 0 Å². The molecule has 0 amide bonds. The van der Waals surface area contributed by atoms with Gasteiger partial charge in [0.15, 0.2) is 0 Å². The highest BCUT2D eigenvalue weighted by Gasteiger charge is 1.95. The van der Waals surface area contributed by atoms with Gasteiger partial charge in [0.1, 0.15) is 0 Å². The van der Waals surface area contributed by atoms with Crippen LogP contribution in [0.25, 0.3) is 0 Å². The molecule has 0 atom stereocenters. The standard InChI is InChI=1S/C6H12/c1-2-4-6-5-3-1/h1-6H2/i1+0. The van der Waals surface area contributed by atoms with Crippen molar-refractivity contribution in [2.24, 2.45) is 0 Å². The van der Waals surface area contributed by atoms with Crippen LogP contribution in [0.5, 0.6) is 0 Å². The minimum Gasteiger partial charge on any atom is -0.0533 e. The Morgan fingerprint density at radius 1 is 0.333 bits per heavy atom. The quantitative estimate of drug-likeness (QED) is 0.422. The van der Waals surface area contributed by atoms with Gasteiger partial charge in [-0.05, 0) is 0 Å². The van der Waals surface area contributed by atoms with Crippen LogP contribution in [0.15, 0.2) is 0 Å². The molecule has 0 heteroatoms. The summed E-state index contributed by atoms with van der Waals surface area (Å²) in [5.74, 6) is 0. The number of hydrogen-bond acceptors (Lipinski definition) is 0. The summed E-state index contributed by atoms with van der Waals surface area (Å²) >= 11 is 0. The van der Waals surface area contributed by atoms with Crippen LogP contribution < -0.4 is 0 Å². The molecular weight excluding hydrogens is 72.1 g/mol. The Kier molecular flexibility index (Phi) is 1.54. The maximum absolute atomic E-state index is 1.50. The normalized spacial score (nSPS) is 24.0. The molecule has 1 rings (SSSR count). The van der Waals surface area contributed by atoms with E-state index >= 15 is 0 Å². The highest BCUT2D eigenvalue weighted by Crippen LogP contribution is 2.15. The van der Waals surface area contributed by atoms with Crippen molar-refractivity contribution in [2.45, 2.75) is 38.5 Å². The number of rotatable bonds is 0. The molecule has 6 heavy (non-hydrogen) atoms. The lowest BCUT2D eigenvalue weighted by molar-refractivity contribution is 0.504. The van der Waals surface area contributed by atoms with Gasteiger partial charge in [0.25, 0.3) is 0 Å². The fourth-order valence-corrected chi connectivity index (χ4v) is 1.06. The summed E-state index contributed by atoms with van der Waals surface area (Å²) in [6.45, 7) is 0. The molecule has 0 radical (unpaired) electrons. The molecule has 0 bridgehead atoms. The third-order valence-corrected chi connectivity index (χ3v) is 1.50. The fraction of sp³-hybridized carbons (Fsp3) is 1.00. The Morgan fingerprint density at radius 3 is 0.667 bits per heavy atom. The molecule has 0 aromatic rings. The third-order valence-electron chi connectivity index (χ3n) is 1.50. The molecule has 0 unspecified atom stereocenters. The summed E-state index contributed by atoms with van der Waals surface area (Å²) in [4.78, 5) is 0. The molecule has 1 saturated carbocycles. The molecule has 0 aromatic carbocycles. The molecule has 0 aromatic heterocycles. The Hall–Kier alpha value is 0. The van der Waals surface area contributed by atoms with Gasteiger partial charge in [-0.2, -0.15) is 0 Å². The molecule has 1 fully saturated rings. The lowest BCUT2D eigenvalue weighted by atomic mass is 10.0. The van der Waals surface area contributed by atoms with Gasteiger partial charge in [0.2, 0.25) is 0 Å². The van der Waals surface area contributed by atoms with Crippen molar-refractivity contribution in [3.05, 3.63) is 0 Å². The van der Waals surface area contributed by atoms with Gasteiger partial charge in [0, 0.05) is 0 Å². The average Bonchev–Trinajstić information content (AvgIpc) is 1.72. The second kappa shape index (κ2) is 2.22. The summed E-state index contributed by atoms with van der Waals surface area (Å²) in [5, 5.41) is 0. The van der Waals surface area contributed by atoms with E-state index in [0.29, 0.717) is 0 Å². The first-order valence-electron chi connectivity index (χ1n) is 3.00. The molecule has 0 saturated heterocycles. The van der Waals surface area contributed by atoms with Crippen molar-refractivity contribution in [1.82, 2.24) is 0 Å². The highest BCUT2D eigenvalue weighted by atomic mass is 14.0. The van der Waals surface area contributed by atoms with Crippen LogP contribution >= 0.6 is 0 Å². The molecular formula is C6H12. The van der Waals surface area contributed by atoms with Crippen LogP contribution in [0.4, 0.5) is 0 Å². The predicted octanol–water partition coefficient (Wildman–Crippen LogP) is 2.34. The van der Waals surface area contributed by atoms with Crippen LogP contribution in [-0.2, 0) is 0 Å². The van der Waals surface area contributed by atoms with Crippen LogP contribution in [0.3, 0.4) is 0 Å². The average molecular weight is 84.2 g/mol. The van der Waals surface area contributed by atoms with Crippen LogP contribution in [0.1, 0.15) is 38.5 Å². The van der Waals surface area contributed by atoms with Crippen LogP contribution in [0, 0.1) is 0 Å². The Morgan fingerprint density at radius 2 is 0.500 bits per heavy atom. The molecule has 0 nitrogen and oxygen atoms in total. The minimum atomic E-state index is 1.50. The van der Waals surface area contributed by atoms with Crippen molar-refractivity contribution in [3.63, 3.8) is 0 Å². The molecule has 1 aliphatic carbocycles. The number of hydrogen-bond donors (Lipinski definition) is 0. The van der Waals surface area contributed by atoms with Gasteiger partial charge >= 0.3 is 0 Å². The predicted molar refractivity (Wildman–Crippen MR) is 27.7 cm³/mol. The van der Waals surface area contributed by atoms with E-state index in [0.717, 1.165) is 0 Å². The van der Waals surface area contributed by atoms with Crippen molar-refractivity contribution in [1.29, 1.82) is 0 Å². The lowest BCUT2D eigenvalue weighted by Gasteiger charge is -2.05. The SMILES string of the molecule is C1CC[12CH2]CC1. The van der Waals surface area contributed by atoms with Crippen molar-refractivity contribution >= 4 is 0 Å². The van der Waals surface area contributed by atoms with Gasteiger partial charge in [-0.3, -0.25) is 0 Å². The second-order valence-corrected chi connectivity index (χ2v) is 2.12. The van der Waals surface area contributed by atoms with Crippen molar-refractivity contribution in [3.8, 4) is 0 Å². The van der Waals surface area contributed by atoms with Gasteiger partial charge in [-0.15, -0.1) is 0 Å². The van der Waals surface area contributed by atoms with E-state index in [1.807, 2.05) is 0 Å². The van der Waals surface area contributed by atoms with Gasteiger partial charge < -0.3 is 0 Å². The van der Waals surface area contributed by atoms with E-state index in [-0.39, 0.29) is 0 Å². The van der Waals surface area contributed by atoms with Crippen LogP contribution in [-0.4, -0.2) is 0 Å². The molecule has 0 aliphatic heterocycles. The fourth-order valence-electron chi connectivity index (χ4n) is 1.06. The van der Waals surface area contributed by atoms with E-state index in [9.17, 15) is 0 Å². The Bertz CT molecular complexity index is 15.5. The van der Waals surface area contributed by atoms with E-state index in [1.54, 1.807) is 0 Å². The summed E-state index contributed by atoms with van der Waals surface area (Å²) in [6, 6.07) is 0. The smallest absolute Gasteiger partial charge is 0.0533 e. The first kappa shape index (κ1) is 4.17. The molecule has 1 aliphatic rings. The van der Waals surface area contributed by atoms with E-state index < -0.39 is 0 Å². The first-order chi connectivity index (χ1) is 3.00. The van der Waals surface area contributed by atoms with Gasteiger partial charge in [-0.1, -0.05) is 38.5 Å². The lowest BCUT2D eigenvalue weighted by Crippen LogP contribution is -1.85. The molecule has 36 valence electrons. The maximum atomic E-state index is 1.50. The summed E-state index contributed by atoms with van der Waals surface area (Å²) < 4.78 is 0. The summed E-state index contributed by atoms with van der Waals surface area (Å²) in [6.07, 6.45) is 9.00. The first-order valence-corrected chi connectivity index (χ1v) is 3.00. The monoisotopic (exact) mass is 84.1 g/mol. The van der Waals surface area contributed by atoms with Crippen molar-refractivity contribution in [2.75, 3.05) is 0 Å². The Labute approximate surface area is 39.6 Å².